The van der Waals surface area contributed by atoms with E-state index in [4.69, 9.17) is 0 Å². The molecule has 2 fully saturated rings. The van der Waals surface area contributed by atoms with E-state index in [0.29, 0.717) is 12.1 Å². The van der Waals surface area contributed by atoms with Crippen LogP contribution in [0.1, 0.15) is 38.7 Å². The van der Waals surface area contributed by atoms with Crippen molar-refractivity contribution in [2.24, 2.45) is 0 Å². The zero-order valence-electron chi connectivity index (χ0n) is 13.7. The van der Waals surface area contributed by atoms with Crippen LogP contribution >= 0.6 is 0 Å². The maximum Gasteiger partial charge on any atom is 0.232 e. The molecule has 1 aromatic rings. The molecule has 3 nitrogen and oxygen atoms in total. The van der Waals surface area contributed by atoms with Crippen LogP contribution in [0.3, 0.4) is 0 Å². The van der Waals surface area contributed by atoms with E-state index in [9.17, 15) is 9.18 Å². The van der Waals surface area contributed by atoms with Gasteiger partial charge in [-0.25, -0.2) is 4.39 Å². The molecule has 2 heterocycles. The van der Waals surface area contributed by atoms with E-state index in [1.807, 2.05) is 24.8 Å². The van der Waals surface area contributed by atoms with Crippen molar-refractivity contribution >= 4 is 5.91 Å². The first kappa shape index (κ1) is 15.5. The fraction of sp³-hybridized carbons (Fsp3) is 0.611. The lowest BCUT2D eigenvalue weighted by molar-refractivity contribution is -0.136. The highest BCUT2D eigenvalue weighted by Gasteiger charge is 2.40. The number of likely N-dealkylation sites (tertiary alicyclic amines) is 1. The minimum atomic E-state index is -0.690. The number of fused-ring (bicyclic) bond motifs is 2. The van der Waals surface area contributed by atoms with E-state index in [-0.39, 0.29) is 11.7 Å². The van der Waals surface area contributed by atoms with Gasteiger partial charge < -0.3 is 4.90 Å². The zero-order chi connectivity index (χ0) is 15.9. The van der Waals surface area contributed by atoms with Gasteiger partial charge in [0.05, 0.1) is 5.41 Å². The van der Waals surface area contributed by atoms with Gasteiger partial charge in [0.25, 0.3) is 0 Å². The molecule has 0 spiro atoms. The number of benzene rings is 1. The smallest absolute Gasteiger partial charge is 0.232 e. The molecule has 0 saturated carbocycles. The fourth-order valence-corrected chi connectivity index (χ4v) is 3.89. The summed E-state index contributed by atoms with van der Waals surface area (Å²) in [4.78, 5) is 17.5. The van der Waals surface area contributed by atoms with Crippen molar-refractivity contribution in [3.63, 3.8) is 0 Å². The summed E-state index contributed by atoms with van der Waals surface area (Å²) in [6, 6.07) is 7.51. The minimum absolute atomic E-state index is 0.110. The lowest BCUT2D eigenvalue weighted by Gasteiger charge is -2.33. The highest BCUT2D eigenvalue weighted by molar-refractivity contribution is 5.87. The van der Waals surface area contributed by atoms with Crippen molar-refractivity contribution in [1.82, 2.24) is 9.80 Å². The van der Waals surface area contributed by atoms with Gasteiger partial charge in [0.1, 0.15) is 5.82 Å². The van der Waals surface area contributed by atoms with Crippen LogP contribution in [0, 0.1) is 5.82 Å². The van der Waals surface area contributed by atoms with Crippen molar-refractivity contribution in [2.45, 2.75) is 50.6 Å². The summed E-state index contributed by atoms with van der Waals surface area (Å²) in [5.41, 5.74) is 0.0600. The number of likely N-dealkylation sites (N-methyl/N-ethyl adjacent to an activating group) is 1. The molecule has 120 valence electrons. The Bertz CT molecular complexity index is 572. The molecule has 0 aromatic heterocycles. The van der Waals surface area contributed by atoms with Gasteiger partial charge >= 0.3 is 0 Å². The Morgan fingerprint density at radius 3 is 2.68 bits per heavy atom. The van der Waals surface area contributed by atoms with Crippen LogP contribution in [0.4, 0.5) is 4.39 Å². The number of halogens is 1. The van der Waals surface area contributed by atoms with Crippen LogP contribution in [-0.4, -0.2) is 47.9 Å². The maximum atomic E-state index is 13.5. The normalized spacial score (nSPS) is 26.1. The summed E-state index contributed by atoms with van der Waals surface area (Å²) in [5, 5.41) is 0. The van der Waals surface area contributed by atoms with Crippen molar-refractivity contribution in [3.05, 3.63) is 35.6 Å². The number of nitrogens with zero attached hydrogens (tertiary/aromatic N) is 2. The van der Waals surface area contributed by atoms with E-state index >= 15 is 0 Å². The minimum Gasteiger partial charge on any atom is -0.340 e. The molecule has 2 saturated heterocycles. The van der Waals surface area contributed by atoms with Gasteiger partial charge in [-0.15, -0.1) is 0 Å². The summed E-state index contributed by atoms with van der Waals surface area (Å²) < 4.78 is 13.5. The Kier molecular flexibility index (Phi) is 3.98. The Morgan fingerprint density at radius 1 is 1.23 bits per heavy atom. The molecule has 0 aliphatic carbocycles. The second-order valence-corrected chi connectivity index (χ2v) is 7.23. The van der Waals surface area contributed by atoms with Crippen LogP contribution in [-0.2, 0) is 10.2 Å². The van der Waals surface area contributed by atoms with Gasteiger partial charge in [0, 0.05) is 25.2 Å². The highest BCUT2D eigenvalue weighted by atomic mass is 19.1. The second-order valence-electron chi connectivity index (χ2n) is 7.23. The first-order chi connectivity index (χ1) is 10.4. The number of rotatable bonds is 2. The number of amides is 1. The largest absolute Gasteiger partial charge is 0.340 e. The summed E-state index contributed by atoms with van der Waals surface area (Å²) >= 11 is 0. The molecule has 4 heteroatoms. The maximum absolute atomic E-state index is 13.5. The number of carbonyl (C=O) groups is 1. The van der Waals surface area contributed by atoms with Crippen molar-refractivity contribution < 1.29 is 9.18 Å². The molecule has 2 atom stereocenters. The fourth-order valence-electron chi connectivity index (χ4n) is 3.89. The second kappa shape index (κ2) is 5.65. The molecule has 2 aliphatic heterocycles. The number of hydrogen-bond acceptors (Lipinski definition) is 2. The predicted octanol–water partition coefficient (Wildman–Crippen LogP) is 2.80. The van der Waals surface area contributed by atoms with Gasteiger partial charge in [0.2, 0.25) is 5.91 Å². The zero-order valence-corrected chi connectivity index (χ0v) is 13.7. The van der Waals surface area contributed by atoms with E-state index in [1.54, 1.807) is 6.07 Å². The summed E-state index contributed by atoms with van der Waals surface area (Å²) in [7, 11) is 2.17. The van der Waals surface area contributed by atoms with Gasteiger partial charge in [-0.3, -0.25) is 9.69 Å². The van der Waals surface area contributed by atoms with E-state index in [1.165, 1.54) is 25.0 Å². The first-order valence-corrected chi connectivity index (χ1v) is 8.17. The number of hydrogen-bond donors (Lipinski definition) is 0. The Labute approximate surface area is 132 Å². The van der Waals surface area contributed by atoms with Gasteiger partial charge in [-0.2, -0.15) is 0 Å². The standard InChI is InChI=1S/C18H25FN2O/c1-18(2,13-5-4-6-14(19)11-13)17(22)21-10-9-15-7-8-16(12-21)20(15)3/h4-6,11,15-16H,7-10,12H2,1-3H3/t15-,16-/m0/s1. The predicted molar refractivity (Wildman–Crippen MR) is 85.2 cm³/mol. The van der Waals surface area contributed by atoms with E-state index in [0.717, 1.165) is 25.1 Å². The molecule has 2 aliphatic rings. The average molecular weight is 304 g/mol. The van der Waals surface area contributed by atoms with Crippen LogP contribution < -0.4 is 0 Å². The van der Waals surface area contributed by atoms with Crippen LogP contribution in [0.25, 0.3) is 0 Å². The molecule has 0 radical (unpaired) electrons. The van der Waals surface area contributed by atoms with Gasteiger partial charge in [-0.05, 0) is 57.9 Å². The van der Waals surface area contributed by atoms with E-state index < -0.39 is 5.41 Å². The molecule has 3 rings (SSSR count). The molecule has 2 bridgehead atoms. The molecule has 1 aromatic carbocycles. The summed E-state index contributed by atoms with van der Waals surface area (Å²) in [5.74, 6) is -0.174. The van der Waals surface area contributed by atoms with Crippen LogP contribution in [0.5, 0.6) is 0 Å². The van der Waals surface area contributed by atoms with Crippen LogP contribution in [0.2, 0.25) is 0 Å². The average Bonchev–Trinajstić information content (AvgIpc) is 2.71. The lowest BCUT2D eigenvalue weighted by Crippen LogP contribution is -2.47. The van der Waals surface area contributed by atoms with Gasteiger partial charge in [-0.1, -0.05) is 12.1 Å². The first-order valence-electron chi connectivity index (χ1n) is 8.17. The van der Waals surface area contributed by atoms with Crippen molar-refractivity contribution in [1.29, 1.82) is 0 Å². The van der Waals surface area contributed by atoms with Crippen molar-refractivity contribution in [3.8, 4) is 0 Å². The Hall–Kier alpha value is -1.42. The third kappa shape index (κ3) is 2.65. The van der Waals surface area contributed by atoms with E-state index in [2.05, 4.69) is 11.9 Å². The topological polar surface area (TPSA) is 23.6 Å². The molecule has 0 N–H and O–H groups in total. The molecule has 0 unspecified atom stereocenters. The third-order valence-corrected chi connectivity index (χ3v) is 5.52. The van der Waals surface area contributed by atoms with Gasteiger partial charge in [0.15, 0.2) is 0 Å². The molecular weight excluding hydrogens is 279 g/mol. The monoisotopic (exact) mass is 304 g/mol. The summed E-state index contributed by atoms with van der Waals surface area (Å²) in [6.07, 6.45) is 3.46. The van der Waals surface area contributed by atoms with Crippen LogP contribution in [0.15, 0.2) is 24.3 Å². The van der Waals surface area contributed by atoms with Crippen molar-refractivity contribution in [2.75, 3.05) is 20.1 Å². The lowest BCUT2D eigenvalue weighted by atomic mass is 9.83. The highest BCUT2D eigenvalue weighted by Crippen LogP contribution is 2.32. The summed E-state index contributed by atoms with van der Waals surface area (Å²) in [6.45, 7) is 5.40. The third-order valence-electron chi connectivity index (χ3n) is 5.52. The quantitative estimate of drug-likeness (QED) is 0.839. The molecular formula is C18H25FN2O. The Morgan fingerprint density at radius 2 is 1.95 bits per heavy atom. The SMILES string of the molecule is CN1[C@H]2CC[C@H]1CN(C(=O)C(C)(C)c1cccc(F)c1)CC2. The molecule has 1 amide bonds. The Balaban J connectivity index is 1.81. The molecule has 22 heavy (non-hydrogen) atoms. The number of carbonyl (C=O) groups excluding carboxylic acids is 1.